The van der Waals surface area contributed by atoms with Gasteiger partial charge in [-0.1, -0.05) is 17.7 Å². The minimum Gasteiger partial charge on any atom is -0.352 e. The van der Waals surface area contributed by atoms with Crippen molar-refractivity contribution in [2.75, 3.05) is 0 Å². The molecule has 0 fully saturated rings. The number of hydrogen-bond donors (Lipinski definition) is 2. The third-order valence-electron chi connectivity index (χ3n) is 2.54. The first kappa shape index (κ1) is 10.1. The number of nitrogens with one attached hydrogen (secondary N) is 2. The quantitative estimate of drug-likeness (QED) is 0.682. The summed E-state index contributed by atoms with van der Waals surface area (Å²) in [6, 6.07) is 7.23. The van der Waals surface area contributed by atoms with Crippen molar-refractivity contribution >= 4 is 28.3 Å². The van der Waals surface area contributed by atoms with Crippen LogP contribution in [0.4, 0.5) is 0 Å². The van der Waals surface area contributed by atoms with Crippen molar-refractivity contribution in [1.29, 1.82) is 0 Å². The number of carbonyl (C=O) groups excluding carboxylic acids is 1. The molecular formula is C12H8ClN3O. The highest BCUT2D eigenvalue weighted by molar-refractivity contribution is 6.31. The van der Waals surface area contributed by atoms with Crippen LogP contribution >= 0.6 is 11.6 Å². The predicted molar refractivity (Wildman–Crippen MR) is 65.3 cm³/mol. The van der Waals surface area contributed by atoms with Crippen LogP contribution in [-0.2, 0) is 0 Å². The predicted octanol–water partition coefficient (Wildman–Crippen LogP) is 2.78. The first-order chi connectivity index (χ1) is 8.24. The summed E-state index contributed by atoms with van der Waals surface area (Å²) in [4.78, 5) is 21.7. The molecule has 1 aromatic carbocycles. The largest absolute Gasteiger partial charge is 0.352 e. The molecule has 0 unspecified atom stereocenters. The number of H-pyrrole nitrogens is 2. The molecule has 4 nitrogen and oxygen atoms in total. The van der Waals surface area contributed by atoms with Crippen molar-refractivity contribution in [3.63, 3.8) is 0 Å². The van der Waals surface area contributed by atoms with Crippen LogP contribution in [0.5, 0.6) is 0 Å². The fourth-order valence-corrected chi connectivity index (χ4v) is 1.91. The molecule has 0 spiro atoms. The lowest BCUT2D eigenvalue weighted by Gasteiger charge is -1.91. The number of benzene rings is 1. The lowest BCUT2D eigenvalue weighted by Crippen LogP contribution is -2.03. The summed E-state index contributed by atoms with van der Waals surface area (Å²) in [5.74, 6) is 0.157. The molecule has 0 amide bonds. The van der Waals surface area contributed by atoms with E-state index in [1.54, 1.807) is 30.6 Å². The second-order valence-corrected chi connectivity index (χ2v) is 4.12. The number of aromatic amines is 2. The van der Waals surface area contributed by atoms with Crippen LogP contribution in [0, 0.1) is 0 Å². The third kappa shape index (κ3) is 1.72. The number of aromatic nitrogens is 3. The Bertz CT molecular complexity index is 685. The lowest BCUT2D eigenvalue weighted by molar-refractivity contribution is 0.102. The number of nitrogens with zero attached hydrogens (tertiary/aromatic N) is 1. The Morgan fingerprint density at radius 3 is 2.94 bits per heavy atom. The van der Waals surface area contributed by atoms with E-state index in [2.05, 4.69) is 15.0 Å². The molecule has 3 rings (SSSR count). The standard InChI is InChI=1S/C12H8ClN3O/c13-8-2-1-7-5-10(16-9(7)6-8)11(17)12-14-3-4-15-12/h1-6,16H,(H,14,15). The zero-order valence-electron chi connectivity index (χ0n) is 8.70. The topological polar surface area (TPSA) is 61.5 Å². The minimum atomic E-state index is -0.165. The summed E-state index contributed by atoms with van der Waals surface area (Å²) in [7, 11) is 0. The van der Waals surface area contributed by atoms with E-state index < -0.39 is 0 Å². The normalized spacial score (nSPS) is 10.9. The monoisotopic (exact) mass is 245 g/mol. The Balaban J connectivity index is 2.09. The van der Waals surface area contributed by atoms with E-state index in [0.717, 1.165) is 10.9 Å². The highest BCUT2D eigenvalue weighted by Gasteiger charge is 2.13. The molecule has 5 heteroatoms. The summed E-state index contributed by atoms with van der Waals surface area (Å²) in [6.45, 7) is 0. The van der Waals surface area contributed by atoms with Crippen molar-refractivity contribution in [2.45, 2.75) is 0 Å². The molecule has 0 saturated carbocycles. The Labute approximate surface area is 102 Å². The number of carbonyl (C=O) groups is 1. The van der Waals surface area contributed by atoms with Gasteiger partial charge < -0.3 is 9.97 Å². The number of hydrogen-bond acceptors (Lipinski definition) is 2. The van der Waals surface area contributed by atoms with Crippen LogP contribution in [0.25, 0.3) is 10.9 Å². The number of fused-ring (bicyclic) bond motifs is 1. The van der Waals surface area contributed by atoms with Crippen molar-refractivity contribution in [2.24, 2.45) is 0 Å². The lowest BCUT2D eigenvalue weighted by atomic mass is 10.2. The molecule has 17 heavy (non-hydrogen) atoms. The van der Waals surface area contributed by atoms with Gasteiger partial charge in [-0.3, -0.25) is 4.79 Å². The van der Waals surface area contributed by atoms with E-state index in [-0.39, 0.29) is 5.78 Å². The summed E-state index contributed by atoms with van der Waals surface area (Å²) < 4.78 is 0. The van der Waals surface area contributed by atoms with Gasteiger partial charge in [-0.15, -0.1) is 0 Å². The van der Waals surface area contributed by atoms with Gasteiger partial charge in [0.15, 0.2) is 5.82 Å². The molecule has 0 saturated heterocycles. The van der Waals surface area contributed by atoms with Gasteiger partial charge in [0, 0.05) is 28.3 Å². The van der Waals surface area contributed by atoms with Gasteiger partial charge in [-0.05, 0) is 18.2 Å². The Hall–Kier alpha value is -2.07. The van der Waals surface area contributed by atoms with Gasteiger partial charge >= 0.3 is 0 Å². The van der Waals surface area contributed by atoms with Gasteiger partial charge in [0.05, 0.1) is 5.69 Å². The Morgan fingerprint density at radius 1 is 1.29 bits per heavy atom. The first-order valence-corrected chi connectivity index (χ1v) is 5.44. The van der Waals surface area contributed by atoms with Gasteiger partial charge in [0.1, 0.15) is 0 Å². The van der Waals surface area contributed by atoms with Crippen LogP contribution in [0.2, 0.25) is 5.02 Å². The van der Waals surface area contributed by atoms with Crippen LogP contribution in [0.15, 0.2) is 36.7 Å². The van der Waals surface area contributed by atoms with E-state index in [9.17, 15) is 4.79 Å². The average molecular weight is 246 g/mol. The molecule has 0 aliphatic rings. The van der Waals surface area contributed by atoms with Gasteiger partial charge in [-0.25, -0.2) is 4.98 Å². The van der Waals surface area contributed by atoms with Crippen LogP contribution in [0.3, 0.4) is 0 Å². The second kappa shape index (κ2) is 3.75. The molecule has 0 radical (unpaired) electrons. The van der Waals surface area contributed by atoms with Gasteiger partial charge in [-0.2, -0.15) is 0 Å². The maximum atomic E-state index is 12.0. The molecule has 2 N–H and O–H groups in total. The average Bonchev–Trinajstić information content (AvgIpc) is 2.96. The minimum absolute atomic E-state index is 0.165. The third-order valence-corrected chi connectivity index (χ3v) is 2.78. The van der Waals surface area contributed by atoms with Gasteiger partial charge in [0.25, 0.3) is 0 Å². The number of halogens is 1. The highest BCUT2D eigenvalue weighted by atomic mass is 35.5. The molecule has 0 atom stereocenters. The van der Waals surface area contributed by atoms with E-state index >= 15 is 0 Å². The highest BCUT2D eigenvalue weighted by Crippen LogP contribution is 2.20. The fraction of sp³-hybridized carbons (Fsp3) is 0. The molecule has 0 aliphatic heterocycles. The van der Waals surface area contributed by atoms with Crippen LogP contribution in [-0.4, -0.2) is 20.7 Å². The maximum Gasteiger partial charge on any atom is 0.244 e. The fourth-order valence-electron chi connectivity index (χ4n) is 1.74. The van der Waals surface area contributed by atoms with E-state index in [0.29, 0.717) is 16.5 Å². The van der Waals surface area contributed by atoms with Crippen molar-refractivity contribution < 1.29 is 4.79 Å². The number of imidazole rings is 1. The number of rotatable bonds is 2. The van der Waals surface area contributed by atoms with E-state index in [1.807, 2.05) is 6.07 Å². The Kier molecular flexibility index (Phi) is 2.23. The molecule has 84 valence electrons. The van der Waals surface area contributed by atoms with Crippen molar-refractivity contribution in [3.8, 4) is 0 Å². The second-order valence-electron chi connectivity index (χ2n) is 3.68. The maximum absolute atomic E-state index is 12.0. The molecule has 2 heterocycles. The Morgan fingerprint density at radius 2 is 2.18 bits per heavy atom. The van der Waals surface area contributed by atoms with E-state index in [1.165, 1.54) is 0 Å². The summed E-state index contributed by atoms with van der Waals surface area (Å²) >= 11 is 5.88. The van der Waals surface area contributed by atoms with Crippen LogP contribution < -0.4 is 0 Å². The number of ketones is 1. The molecule has 3 aromatic rings. The smallest absolute Gasteiger partial charge is 0.244 e. The van der Waals surface area contributed by atoms with E-state index in [4.69, 9.17) is 11.6 Å². The molecule has 0 aliphatic carbocycles. The van der Waals surface area contributed by atoms with Crippen molar-refractivity contribution in [3.05, 3.63) is 53.2 Å². The first-order valence-electron chi connectivity index (χ1n) is 5.06. The molecule has 2 aromatic heterocycles. The van der Waals surface area contributed by atoms with Crippen molar-refractivity contribution in [1.82, 2.24) is 15.0 Å². The molecular weight excluding hydrogens is 238 g/mol. The zero-order valence-corrected chi connectivity index (χ0v) is 9.45. The summed E-state index contributed by atoms with van der Waals surface area (Å²) in [6.07, 6.45) is 3.17. The van der Waals surface area contributed by atoms with Gasteiger partial charge in [0.2, 0.25) is 5.78 Å². The summed E-state index contributed by atoms with van der Waals surface area (Å²) in [5.41, 5.74) is 1.34. The molecule has 0 bridgehead atoms. The zero-order chi connectivity index (χ0) is 11.8. The van der Waals surface area contributed by atoms with Crippen LogP contribution in [0.1, 0.15) is 16.3 Å². The SMILES string of the molecule is O=C(c1cc2ccc(Cl)cc2[nH]1)c1ncc[nH]1. The summed E-state index contributed by atoms with van der Waals surface area (Å²) in [5, 5.41) is 1.58.